The van der Waals surface area contributed by atoms with Gasteiger partial charge in [0.2, 0.25) is 0 Å². The molecule has 1 aliphatic carbocycles. The van der Waals surface area contributed by atoms with Gasteiger partial charge >= 0.3 is 0 Å². The van der Waals surface area contributed by atoms with Crippen LogP contribution in [0.4, 0.5) is 0 Å². The molecule has 3 unspecified atom stereocenters. The maximum atomic E-state index is 6.01. The Balaban J connectivity index is 1.79. The Morgan fingerprint density at radius 3 is 2.40 bits per heavy atom. The van der Waals surface area contributed by atoms with Crippen molar-refractivity contribution in [2.24, 2.45) is 17.6 Å². The highest BCUT2D eigenvalue weighted by molar-refractivity contribution is 4.88. The van der Waals surface area contributed by atoms with Gasteiger partial charge in [-0.2, -0.15) is 0 Å². The number of hydrogen-bond donors (Lipinski definition) is 1. The molecule has 1 heterocycles. The summed E-state index contributed by atoms with van der Waals surface area (Å²) in [5.41, 5.74) is 6.01. The smallest absolute Gasteiger partial charge is 0.0139 e. The molecule has 0 bridgehead atoms. The summed E-state index contributed by atoms with van der Waals surface area (Å²) in [6, 6.07) is 0.750. The largest absolute Gasteiger partial charge is 0.330 e. The molecule has 0 aromatic carbocycles. The summed E-state index contributed by atoms with van der Waals surface area (Å²) in [6.45, 7) is 10.6. The molecule has 0 amide bonds. The summed E-state index contributed by atoms with van der Waals surface area (Å²) >= 11 is 0. The van der Waals surface area contributed by atoms with E-state index in [1.807, 2.05) is 0 Å². The van der Waals surface area contributed by atoms with Gasteiger partial charge in [-0.25, -0.2) is 0 Å². The first-order chi connectivity index (χ1) is 9.60. The Hall–Kier alpha value is -0.160. The fourth-order valence-corrected chi connectivity index (χ4v) is 3.80. The zero-order valence-corrected chi connectivity index (χ0v) is 13.7. The third kappa shape index (κ3) is 4.42. The normalized spacial score (nSPS) is 33.8. The van der Waals surface area contributed by atoms with E-state index in [1.54, 1.807) is 0 Å². The minimum atomic E-state index is 0.736. The lowest BCUT2D eigenvalue weighted by molar-refractivity contribution is 0.0382. The fourth-order valence-electron chi connectivity index (χ4n) is 3.80. The van der Waals surface area contributed by atoms with Crippen LogP contribution in [0.3, 0.4) is 0 Å². The molecule has 0 aromatic rings. The number of likely N-dealkylation sites (N-methyl/N-ethyl adjacent to an activating group) is 1. The van der Waals surface area contributed by atoms with E-state index in [-0.39, 0.29) is 0 Å². The van der Waals surface area contributed by atoms with Gasteiger partial charge in [0.1, 0.15) is 0 Å². The van der Waals surface area contributed by atoms with Crippen molar-refractivity contribution in [3.8, 4) is 0 Å². The molecular formula is C16H34N4. The minimum Gasteiger partial charge on any atom is -0.330 e. The lowest BCUT2D eigenvalue weighted by atomic mass is 9.78. The summed E-state index contributed by atoms with van der Waals surface area (Å²) in [6.07, 6.45) is 4.07. The minimum absolute atomic E-state index is 0.736. The molecule has 3 atom stereocenters. The molecule has 0 aromatic heterocycles. The van der Waals surface area contributed by atoms with E-state index in [1.165, 1.54) is 58.5 Å². The van der Waals surface area contributed by atoms with Gasteiger partial charge < -0.3 is 10.6 Å². The van der Waals surface area contributed by atoms with Crippen LogP contribution >= 0.6 is 0 Å². The van der Waals surface area contributed by atoms with Crippen molar-refractivity contribution in [1.29, 1.82) is 0 Å². The van der Waals surface area contributed by atoms with Gasteiger partial charge in [0.15, 0.2) is 0 Å². The third-order valence-corrected chi connectivity index (χ3v) is 5.26. The molecule has 2 N–H and O–H groups in total. The molecule has 20 heavy (non-hydrogen) atoms. The maximum absolute atomic E-state index is 6.01. The average Bonchev–Trinajstić information content (AvgIpc) is 2.45. The van der Waals surface area contributed by atoms with Gasteiger partial charge in [-0.3, -0.25) is 9.80 Å². The number of hydrogen-bond acceptors (Lipinski definition) is 4. The van der Waals surface area contributed by atoms with Crippen LogP contribution in [-0.2, 0) is 0 Å². The van der Waals surface area contributed by atoms with Gasteiger partial charge in [-0.05, 0) is 45.3 Å². The molecule has 1 aliphatic heterocycles. The van der Waals surface area contributed by atoms with Gasteiger partial charge in [0.25, 0.3) is 0 Å². The lowest BCUT2D eigenvalue weighted by Crippen LogP contribution is -2.55. The van der Waals surface area contributed by atoms with Crippen molar-refractivity contribution in [3.63, 3.8) is 0 Å². The molecule has 2 aliphatic rings. The van der Waals surface area contributed by atoms with Gasteiger partial charge in [-0.15, -0.1) is 0 Å². The number of rotatable bonds is 5. The summed E-state index contributed by atoms with van der Waals surface area (Å²) < 4.78 is 0. The molecule has 1 saturated carbocycles. The standard InChI is InChI=1S/C16H34N4/c1-14-4-5-15(13-17)16(12-14)20-10-8-19(9-11-20)7-6-18(2)3/h14-16H,4-13,17H2,1-3H3. The summed E-state index contributed by atoms with van der Waals surface area (Å²) in [5, 5.41) is 0. The lowest BCUT2D eigenvalue weighted by Gasteiger charge is -2.45. The SMILES string of the molecule is CC1CCC(CN)C(N2CCN(CCN(C)C)CC2)C1. The average molecular weight is 282 g/mol. The van der Waals surface area contributed by atoms with Crippen LogP contribution in [0.1, 0.15) is 26.2 Å². The first-order valence-electron chi connectivity index (χ1n) is 8.41. The van der Waals surface area contributed by atoms with Crippen LogP contribution in [-0.4, -0.2) is 80.7 Å². The topological polar surface area (TPSA) is 35.7 Å². The second-order valence-corrected chi connectivity index (χ2v) is 7.16. The number of nitrogens with two attached hydrogens (primary N) is 1. The monoisotopic (exact) mass is 282 g/mol. The number of piperazine rings is 1. The van der Waals surface area contributed by atoms with Crippen LogP contribution < -0.4 is 5.73 Å². The van der Waals surface area contributed by atoms with Crippen molar-refractivity contribution in [2.45, 2.75) is 32.2 Å². The Morgan fingerprint density at radius 2 is 1.80 bits per heavy atom. The first-order valence-corrected chi connectivity index (χ1v) is 8.41. The predicted octanol–water partition coefficient (Wildman–Crippen LogP) is 0.929. The van der Waals surface area contributed by atoms with E-state index in [9.17, 15) is 0 Å². The predicted molar refractivity (Wildman–Crippen MR) is 85.9 cm³/mol. The zero-order chi connectivity index (χ0) is 14.5. The Labute approximate surface area is 125 Å². The van der Waals surface area contributed by atoms with E-state index in [0.29, 0.717) is 0 Å². The van der Waals surface area contributed by atoms with Crippen molar-refractivity contribution < 1.29 is 0 Å². The van der Waals surface area contributed by atoms with Gasteiger partial charge in [0, 0.05) is 45.3 Å². The Bertz CT molecular complexity index is 274. The second-order valence-electron chi connectivity index (χ2n) is 7.16. The molecule has 0 spiro atoms. The van der Waals surface area contributed by atoms with Crippen LogP contribution in [0.2, 0.25) is 0 Å². The van der Waals surface area contributed by atoms with Crippen molar-refractivity contribution >= 4 is 0 Å². The fraction of sp³-hybridized carbons (Fsp3) is 1.00. The van der Waals surface area contributed by atoms with E-state index in [2.05, 4.69) is 35.7 Å². The molecule has 2 fully saturated rings. The van der Waals surface area contributed by atoms with E-state index in [0.717, 1.165) is 24.4 Å². The van der Waals surface area contributed by atoms with Gasteiger partial charge in [0.05, 0.1) is 0 Å². The summed E-state index contributed by atoms with van der Waals surface area (Å²) in [7, 11) is 4.32. The van der Waals surface area contributed by atoms with E-state index < -0.39 is 0 Å². The number of nitrogens with zero attached hydrogens (tertiary/aromatic N) is 3. The Kier molecular flexibility index (Phi) is 6.27. The van der Waals surface area contributed by atoms with Crippen molar-refractivity contribution in [3.05, 3.63) is 0 Å². The highest BCUT2D eigenvalue weighted by atomic mass is 15.3. The summed E-state index contributed by atoms with van der Waals surface area (Å²) in [5.74, 6) is 1.62. The molecule has 118 valence electrons. The summed E-state index contributed by atoms with van der Waals surface area (Å²) in [4.78, 5) is 7.62. The van der Waals surface area contributed by atoms with Crippen molar-refractivity contribution in [1.82, 2.24) is 14.7 Å². The van der Waals surface area contributed by atoms with E-state index in [4.69, 9.17) is 5.73 Å². The quantitative estimate of drug-likeness (QED) is 0.814. The maximum Gasteiger partial charge on any atom is 0.0139 e. The second kappa shape index (κ2) is 7.74. The van der Waals surface area contributed by atoms with Crippen molar-refractivity contribution in [2.75, 3.05) is 59.9 Å². The highest BCUT2D eigenvalue weighted by Gasteiger charge is 2.33. The van der Waals surface area contributed by atoms with E-state index >= 15 is 0 Å². The molecular weight excluding hydrogens is 248 g/mol. The Morgan fingerprint density at radius 1 is 1.10 bits per heavy atom. The third-order valence-electron chi connectivity index (χ3n) is 5.26. The van der Waals surface area contributed by atoms with Crippen LogP contribution in [0.15, 0.2) is 0 Å². The molecule has 0 radical (unpaired) electrons. The van der Waals surface area contributed by atoms with Crippen LogP contribution in [0.25, 0.3) is 0 Å². The molecule has 1 saturated heterocycles. The molecule has 2 rings (SSSR count). The van der Waals surface area contributed by atoms with Crippen LogP contribution in [0.5, 0.6) is 0 Å². The molecule has 4 heteroatoms. The zero-order valence-electron chi connectivity index (χ0n) is 13.7. The van der Waals surface area contributed by atoms with Gasteiger partial charge in [-0.1, -0.05) is 13.3 Å². The van der Waals surface area contributed by atoms with Crippen LogP contribution in [0, 0.1) is 11.8 Å². The highest BCUT2D eigenvalue weighted by Crippen LogP contribution is 2.32. The molecule has 4 nitrogen and oxygen atoms in total. The first kappa shape index (κ1) is 16.2.